The van der Waals surface area contributed by atoms with Crippen LogP contribution in [-0.2, 0) is 28.1 Å². The average Bonchev–Trinajstić information content (AvgIpc) is 2.78. The van der Waals surface area contributed by atoms with Crippen LogP contribution in [0.2, 0.25) is 0 Å². The van der Waals surface area contributed by atoms with Gasteiger partial charge in [-0.05, 0) is 29.7 Å². The van der Waals surface area contributed by atoms with Crippen molar-refractivity contribution in [2.45, 2.75) is 23.8 Å². The van der Waals surface area contributed by atoms with Crippen molar-refractivity contribution in [3.63, 3.8) is 0 Å². The zero-order valence-electron chi connectivity index (χ0n) is 17.1. The summed E-state index contributed by atoms with van der Waals surface area (Å²) in [7, 11) is 1.34. The lowest BCUT2D eigenvalue weighted by Crippen LogP contribution is -2.28. The molecule has 1 amide bonds. The lowest BCUT2D eigenvalue weighted by Gasteiger charge is -2.07. The Morgan fingerprint density at radius 3 is 2.52 bits per heavy atom. The second-order valence-corrected chi connectivity index (χ2v) is 7.75. The molecule has 0 saturated carbocycles. The van der Waals surface area contributed by atoms with Gasteiger partial charge in [-0.1, -0.05) is 54.2 Å². The van der Waals surface area contributed by atoms with Crippen LogP contribution in [-0.4, -0.2) is 35.5 Å². The number of hydrogen-bond donors (Lipinski definition) is 2. The third kappa shape index (κ3) is 7.11. The topological polar surface area (TPSA) is 101 Å². The fourth-order valence-corrected chi connectivity index (χ4v) is 3.72. The average molecular weight is 438 g/mol. The van der Waals surface area contributed by atoms with Gasteiger partial charge in [-0.25, -0.2) is 9.78 Å². The van der Waals surface area contributed by atoms with E-state index in [2.05, 4.69) is 20.0 Å². The number of nitrogens with zero attached hydrogens (tertiary/aromatic N) is 1. The number of thioether (sulfide) groups is 1. The maximum atomic E-state index is 12.2. The monoisotopic (exact) mass is 437 g/mol. The number of amides is 1. The third-order valence-corrected chi connectivity index (χ3v) is 5.39. The highest BCUT2D eigenvalue weighted by molar-refractivity contribution is 7.98. The minimum absolute atomic E-state index is 0.0418. The Hall–Kier alpha value is -3.39. The number of aromatic amines is 1. The summed E-state index contributed by atoms with van der Waals surface area (Å²) >= 11 is 1.35. The first-order chi connectivity index (χ1) is 15.0. The molecule has 0 radical (unpaired) electrons. The number of H-pyrrole nitrogens is 1. The van der Waals surface area contributed by atoms with Gasteiger partial charge in [0.2, 0.25) is 5.91 Å². The molecule has 0 aliphatic carbocycles. The van der Waals surface area contributed by atoms with E-state index in [1.54, 1.807) is 12.1 Å². The van der Waals surface area contributed by atoms with Crippen molar-refractivity contribution < 1.29 is 14.3 Å². The lowest BCUT2D eigenvalue weighted by atomic mass is 10.1. The van der Waals surface area contributed by atoms with Crippen molar-refractivity contribution in [3.8, 4) is 0 Å². The van der Waals surface area contributed by atoms with Crippen LogP contribution in [0.4, 0.5) is 0 Å². The fraction of sp³-hybridized carbons (Fsp3) is 0.217. The first kappa shape index (κ1) is 22.3. The molecule has 0 bridgehead atoms. The Balaban J connectivity index is 1.52. The molecule has 0 unspecified atom stereocenters. The van der Waals surface area contributed by atoms with Gasteiger partial charge in [0.25, 0.3) is 5.56 Å². The standard InChI is InChI=1S/C23H23N3O4S/c1-30-22(29)18-9-7-17(8-10-18)15-31-23-25-19(14-21(28)26-23)13-20(27)24-12-11-16-5-3-2-4-6-16/h2-10,14H,11-13,15H2,1H3,(H,24,27)(H,25,26,28). The Morgan fingerprint density at radius 1 is 1.06 bits per heavy atom. The quantitative estimate of drug-likeness (QED) is 0.303. The molecule has 0 fully saturated rings. The van der Waals surface area contributed by atoms with E-state index in [9.17, 15) is 14.4 Å². The van der Waals surface area contributed by atoms with Crippen LogP contribution in [0.5, 0.6) is 0 Å². The Bertz CT molecular complexity index is 1080. The van der Waals surface area contributed by atoms with E-state index < -0.39 is 0 Å². The molecule has 3 aromatic rings. The molecule has 0 aliphatic rings. The van der Waals surface area contributed by atoms with Crippen molar-refractivity contribution in [2.24, 2.45) is 0 Å². The molecule has 160 valence electrons. The largest absolute Gasteiger partial charge is 0.465 e. The van der Waals surface area contributed by atoms with Crippen molar-refractivity contribution in [1.82, 2.24) is 15.3 Å². The summed E-state index contributed by atoms with van der Waals surface area (Å²) in [6.45, 7) is 0.523. The van der Waals surface area contributed by atoms with Crippen LogP contribution in [0, 0.1) is 0 Å². The number of esters is 1. The van der Waals surface area contributed by atoms with Crippen LogP contribution in [0.3, 0.4) is 0 Å². The smallest absolute Gasteiger partial charge is 0.337 e. The molecular weight excluding hydrogens is 414 g/mol. The summed E-state index contributed by atoms with van der Waals surface area (Å²) in [5.74, 6) is -0.0137. The molecule has 0 spiro atoms. The zero-order valence-corrected chi connectivity index (χ0v) is 17.9. The van der Waals surface area contributed by atoms with E-state index >= 15 is 0 Å². The summed E-state index contributed by atoms with van der Waals surface area (Å²) in [6.07, 6.45) is 0.783. The summed E-state index contributed by atoms with van der Waals surface area (Å²) < 4.78 is 4.68. The van der Waals surface area contributed by atoms with E-state index in [4.69, 9.17) is 0 Å². The van der Waals surface area contributed by atoms with Gasteiger partial charge in [0.1, 0.15) is 0 Å². The predicted octanol–water partition coefficient (Wildman–Crippen LogP) is 2.75. The van der Waals surface area contributed by atoms with Gasteiger partial charge in [0.05, 0.1) is 24.8 Å². The molecule has 0 saturated heterocycles. The highest BCUT2D eigenvalue weighted by Gasteiger charge is 2.09. The third-order valence-electron chi connectivity index (χ3n) is 4.44. The van der Waals surface area contributed by atoms with Gasteiger partial charge in [-0.2, -0.15) is 0 Å². The minimum Gasteiger partial charge on any atom is -0.465 e. The Labute approximate surface area is 184 Å². The van der Waals surface area contributed by atoms with Gasteiger partial charge in [-0.15, -0.1) is 0 Å². The molecule has 2 aromatic carbocycles. The lowest BCUT2D eigenvalue weighted by molar-refractivity contribution is -0.120. The van der Waals surface area contributed by atoms with Crippen LogP contribution < -0.4 is 10.9 Å². The van der Waals surface area contributed by atoms with Crippen molar-refractivity contribution in [3.05, 3.63) is 93.4 Å². The highest BCUT2D eigenvalue weighted by atomic mass is 32.2. The normalized spacial score (nSPS) is 10.5. The first-order valence-corrected chi connectivity index (χ1v) is 10.7. The van der Waals surface area contributed by atoms with E-state index in [-0.39, 0.29) is 23.9 Å². The molecule has 31 heavy (non-hydrogen) atoms. The second kappa shape index (κ2) is 11.1. The van der Waals surface area contributed by atoms with E-state index in [0.29, 0.717) is 28.7 Å². The zero-order chi connectivity index (χ0) is 22.1. The SMILES string of the molecule is COC(=O)c1ccc(CSc2nc(CC(=O)NCCc3ccccc3)cc(=O)[nH]2)cc1. The number of hydrogen-bond acceptors (Lipinski definition) is 6. The Kier molecular flexibility index (Phi) is 8.00. The molecule has 3 rings (SSSR count). The van der Waals surface area contributed by atoms with Gasteiger partial charge in [0.15, 0.2) is 5.16 Å². The Morgan fingerprint density at radius 2 is 1.81 bits per heavy atom. The predicted molar refractivity (Wildman–Crippen MR) is 119 cm³/mol. The number of methoxy groups -OCH3 is 1. The minimum atomic E-state index is -0.389. The van der Waals surface area contributed by atoms with Crippen LogP contribution in [0.1, 0.15) is 27.2 Å². The number of rotatable bonds is 9. The summed E-state index contributed by atoms with van der Waals surface area (Å²) in [4.78, 5) is 42.7. The number of carbonyl (C=O) groups is 2. The second-order valence-electron chi connectivity index (χ2n) is 6.78. The maximum absolute atomic E-state index is 12.2. The van der Waals surface area contributed by atoms with Crippen LogP contribution >= 0.6 is 11.8 Å². The van der Waals surface area contributed by atoms with E-state index in [1.165, 1.54) is 24.9 Å². The summed E-state index contributed by atoms with van der Waals surface area (Å²) in [6, 6.07) is 18.3. The maximum Gasteiger partial charge on any atom is 0.337 e. The molecule has 0 atom stereocenters. The van der Waals surface area contributed by atoms with Crippen molar-refractivity contribution >= 4 is 23.6 Å². The summed E-state index contributed by atoms with van der Waals surface area (Å²) in [5, 5.41) is 3.30. The van der Waals surface area contributed by atoms with Gasteiger partial charge < -0.3 is 15.0 Å². The number of aromatic nitrogens is 2. The number of carbonyl (C=O) groups excluding carboxylic acids is 2. The number of benzene rings is 2. The molecule has 8 heteroatoms. The number of ether oxygens (including phenoxy) is 1. The van der Waals surface area contributed by atoms with Gasteiger partial charge >= 0.3 is 5.97 Å². The van der Waals surface area contributed by atoms with E-state index in [0.717, 1.165) is 17.5 Å². The van der Waals surface area contributed by atoms with Crippen molar-refractivity contribution in [2.75, 3.05) is 13.7 Å². The van der Waals surface area contributed by atoms with Crippen LogP contribution in [0.15, 0.2) is 70.6 Å². The summed E-state index contributed by atoms with van der Waals surface area (Å²) in [5.41, 5.74) is 2.71. The van der Waals surface area contributed by atoms with Gasteiger partial charge in [-0.3, -0.25) is 9.59 Å². The van der Waals surface area contributed by atoms with E-state index in [1.807, 2.05) is 42.5 Å². The van der Waals surface area contributed by atoms with Crippen molar-refractivity contribution in [1.29, 1.82) is 0 Å². The molecule has 0 aliphatic heterocycles. The van der Waals surface area contributed by atoms with Gasteiger partial charge in [0, 0.05) is 18.4 Å². The molecule has 1 aromatic heterocycles. The highest BCUT2D eigenvalue weighted by Crippen LogP contribution is 2.19. The van der Waals surface area contributed by atoms with Crippen LogP contribution in [0.25, 0.3) is 0 Å². The molecule has 2 N–H and O–H groups in total. The molecule has 1 heterocycles. The molecular formula is C23H23N3O4S. The fourth-order valence-electron chi connectivity index (χ4n) is 2.87. The first-order valence-electron chi connectivity index (χ1n) is 9.74. The molecule has 7 nitrogen and oxygen atoms in total. The number of nitrogens with one attached hydrogen (secondary N) is 2.